The third-order valence-corrected chi connectivity index (χ3v) is 4.26. The molecule has 1 aromatic rings. The van der Waals surface area contributed by atoms with E-state index in [0.29, 0.717) is 6.54 Å². The van der Waals surface area contributed by atoms with E-state index in [1.165, 1.54) is 7.11 Å². The lowest BCUT2D eigenvalue weighted by atomic mass is 10.1. The monoisotopic (exact) mass is 305 g/mol. The molecule has 0 N–H and O–H groups in total. The van der Waals surface area contributed by atoms with Gasteiger partial charge in [0, 0.05) is 23.4 Å². The number of ether oxygens (including phenoxy) is 1. The van der Waals surface area contributed by atoms with Gasteiger partial charge >= 0.3 is 5.97 Å². The van der Waals surface area contributed by atoms with Crippen LogP contribution in [0.3, 0.4) is 0 Å². The molecule has 1 atom stereocenters. The Kier molecular flexibility index (Phi) is 5.28. The van der Waals surface area contributed by atoms with Crippen LogP contribution in [0.4, 0.5) is 5.00 Å². The van der Waals surface area contributed by atoms with Crippen molar-refractivity contribution in [2.24, 2.45) is 5.92 Å². The summed E-state index contributed by atoms with van der Waals surface area (Å²) in [5.74, 6) is -0.194. The van der Waals surface area contributed by atoms with Crippen LogP contribution in [0.1, 0.15) is 13.3 Å². The summed E-state index contributed by atoms with van der Waals surface area (Å²) in [6.07, 6.45) is 0.795. The van der Waals surface area contributed by atoms with Crippen molar-refractivity contribution in [2.45, 2.75) is 13.3 Å². The van der Waals surface area contributed by atoms with Gasteiger partial charge in [0.25, 0.3) is 0 Å². The van der Waals surface area contributed by atoms with E-state index in [-0.39, 0.29) is 11.9 Å². The van der Waals surface area contributed by atoms with Crippen LogP contribution in [0, 0.1) is 5.92 Å². The Morgan fingerprint density at radius 1 is 1.69 bits per heavy atom. The Labute approximate surface area is 109 Å². The average molecular weight is 306 g/mol. The molecule has 1 rings (SSSR count). The van der Waals surface area contributed by atoms with Crippen molar-refractivity contribution in [2.75, 3.05) is 25.6 Å². The summed E-state index contributed by atoms with van der Waals surface area (Å²) in [5, 5.41) is 3.18. The van der Waals surface area contributed by atoms with Crippen LogP contribution < -0.4 is 4.90 Å². The van der Waals surface area contributed by atoms with Crippen LogP contribution in [0.25, 0.3) is 0 Å². The number of nitrogens with zero attached hydrogens (tertiary/aromatic N) is 1. The number of esters is 1. The third-order valence-electron chi connectivity index (χ3n) is 2.45. The van der Waals surface area contributed by atoms with Crippen LogP contribution in [-0.4, -0.2) is 26.7 Å². The zero-order chi connectivity index (χ0) is 12.1. The maximum absolute atomic E-state index is 11.5. The zero-order valence-electron chi connectivity index (χ0n) is 9.70. The highest BCUT2D eigenvalue weighted by atomic mass is 79.9. The Bertz CT molecular complexity index is 354. The van der Waals surface area contributed by atoms with E-state index < -0.39 is 0 Å². The molecule has 5 heteroatoms. The van der Waals surface area contributed by atoms with Crippen molar-refractivity contribution in [1.82, 2.24) is 0 Å². The maximum Gasteiger partial charge on any atom is 0.310 e. The smallest absolute Gasteiger partial charge is 0.310 e. The number of hydrogen-bond acceptors (Lipinski definition) is 4. The Morgan fingerprint density at radius 3 is 2.81 bits per heavy atom. The standard InChI is InChI=1S/C11H16BrNO2S/c1-4-8(11(14)15-3)6-13(2)10-5-9(12)7-16-10/h5,7-8H,4,6H2,1-3H3. The molecule has 0 spiro atoms. The van der Waals surface area contributed by atoms with Crippen LogP contribution in [0.2, 0.25) is 0 Å². The third kappa shape index (κ3) is 3.49. The van der Waals surface area contributed by atoms with Crippen LogP contribution in [0.5, 0.6) is 0 Å². The van der Waals surface area contributed by atoms with Gasteiger partial charge in [0.2, 0.25) is 0 Å². The van der Waals surface area contributed by atoms with Crippen LogP contribution in [-0.2, 0) is 9.53 Å². The van der Waals surface area contributed by atoms with Crippen molar-refractivity contribution >= 4 is 38.2 Å². The number of carbonyl (C=O) groups excluding carboxylic acids is 1. The fraction of sp³-hybridized carbons (Fsp3) is 0.545. The Hall–Kier alpha value is -0.550. The lowest BCUT2D eigenvalue weighted by molar-refractivity contribution is -0.145. The fourth-order valence-corrected chi connectivity index (χ4v) is 2.86. The highest BCUT2D eigenvalue weighted by Gasteiger charge is 2.19. The molecule has 0 aliphatic carbocycles. The second-order valence-electron chi connectivity index (χ2n) is 3.61. The summed E-state index contributed by atoms with van der Waals surface area (Å²) >= 11 is 5.07. The van der Waals surface area contributed by atoms with Gasteiger partial charge in [-0.1, -0.05) is 6.92 Å². The topological polar surface area (TPSA) is 29.5 Å². The molecule has 90 valence electrons. The van der Waals surface area contributed by atoms with E-state index in [9.17, 15) is 4.79 Å². The number of hydrogen-bond donors (Lipinski definition) is 0. The average Bonchev–Trinajstić information content (AvgIpc) is 2.71. The minimum Gasteiger partial charge on any atom is -0.469 e. The summed E-state index contributed by atoms with van der Waals surface area (Å²) < 4.78 is 5.85. The molecular weight excluding hydrogens is 290 g/mol. The largest absolute Gasteiger partial charge is 0.469 e. The normalized spacial score (nSPS) is 12.2. The van der Waals surface area contributed by atoms with Gasteiger partial charge in [-0.2, -0.15) is 0 Å². The predicted octanol–water partition coefficient (Wildman–Crippen LogP) is 3.15. The summed E-state index contributed by atoms with van der Waals surface area (Å²) in [6.45, 7) is 2.69. The number of carbonyl (C=O) groups is 1. The molecular formula is C11H16BrNO2S. The molecule has 0 aliphatic rings. The first-order valence-corrected chi connectivity index (χ1v) is 6.78. The second-order valence-corrected chi connectivity index (χ2v) is 5.42. The minimum atomic E-state index is -0.134. The molecule has 0 aliphatic heterocycles. The molecule has 16 heavy (non-hydrogen) atoms. The van der Waals surface area contributed by atoms with Crippen molar-refractivity contribution in [3.63, 3.8) is 0 Å². The van der Waals surface area contributed by atoms with E-state index in [1.54, 1.807) is 11.3 Å². The van der Waals surface area contributed by atoms with E-state index in [0.717, 1.165) is 15.9 Å². The zero-order valence-corrected chi connectivity index (χ0v) is 12.1. The SMILES string of the molecule is CCC(CN(C)c1cc(Br)cs1)C(=O)OC. The van der Waals surface area contributed by atoms with Gasteiger partial charge in [-0.3, -0.25) is 4.79 Å². The van der Waals surface area contributed by atoms with Gasteiger partial charge in [0.05, 0.1) is 18.0 Å². The van der Waals surface area contributed by atoms with Crippen LogP contribution >= 0.6 is 27.3 Å². The molecule has 0 amide bonds. The van der Waals surface area contributed by atoms with Crippen molar-refractivity contribution in [3.05, 3.63) is 15.9 Å². The van der Waals surface area contributed by atoms with E-state index in [4.69, 9.17) is 4.74 Å². The lowest BCUT2D eigenvalue weighted by Gasteiger charge is -2.21. The van der Waals surface area contributed by atoms with Gasteiger partial charge in [-0.25, -0.2) is 0 Å². The van der Waals surface area contributed by atoms with Gasteiger partial charge in [-0.15, -0.1) is 11.3 Å². The Balaban J connectivity index is 2.62. The molecule has 1 unspecified atom stereocenters. The molecule has 0 bridgehead atoms. The van der Waals surface area contributed by atoms with Gasteiger partial charge in [0.15, 0.2) is 0 Å². The predicted molar refractivity (Wildman–Crippen MR) is 71.1 cm³/mol. The number of halogens is 1. The minimum absolute atomic E-state index is 0.0594. The maximum atomic E-state index is 11.5. The highest BCUT2D eigenvalue weighted by molar-refractivity contribution is 9.10. The summed E-state index contributed by atoms with van der Waals surface area (Å²) in [7, 11) is 3.43. The number of rotatable bonds is 5. The van der Waals surface area contributed by atoms with Crippen molar-refractivity contribution < 1.29 is 9.53 Å². The number of methoxy groups -OCH3 is 1. The van der Waals surface area contributed by atoms with Gasteiger partial charge < -0.3 is 9.64 Å². The molecule has 0 saturated carbocycles. The number of anilines is 1. The lowest BCUT2D eigenvalue weighted by Crippen LogP contribution is -2.30. The molecule has 1 heterocycles. The van der Waals surface area contributed by atoms with Crippen molar-refractivity contribution in [3.8, 4) is 0 Å². The molecule has 0 radical (unpaired) electrons. The quantitative estimate of drug-likeness (QED) is 0.783. The Morgan fingerprint density at radius 2 is 2.38 bits per heavy atom. The van der Waals surface area contributed by atoms with E-state index in [2.05, 4.69) is 26.9 Å². The molecule has 0 fully saturated rings. The first-order valence-electron chi connectivity index (χ1n) is 5.11. The second kappa shape index (κ2) is 6.25. The van der Waals surface area contributed by atoms with E-state index >= 15 is 0 Å². The molecule has 0 aromatic carbocycles. The van der Waals surface area contributed by atoms with Crippen LogP contribution in [0.15, 0.2) is 15.9 Å². The van der Waals surface area contributed by atoms with E-state index in [1.807, 2.05) is 19.4 Å². The summed E-state index contributed by atoms with van der Waals surface area (Å²) in [5.41, 5.74) is 0. The summed E-state index contributed by atoms with van der Waals surface area (Å²) in [6, 6.07) is 2.05. The van der Waals surface area contributed by atoms with Gasteiger partial charge in [-0.05, 0) is 28.4 Å². The highest BCUT2D eigenvalue weighted by Crippen LogP contribution is 2.28. The number of thiophene rings is 1. The van der Waals surface area contributed by atoms with Gasteiger partial charge in [0.1, 0.15) is 0 Å². The first-order chi connectivity index (χ1) is 7.58. The molecule has 3 nitrogen and oxygen atoms in total. The van der Waals surface area contributed by atoms with Crippen molar-refractivity contribution in [1.29, 1.82) is 0 Å². The molecule has 1 aromatic heterocycles. The fourth-order valence-electron chi connectivity index (χ4n) is 1.46. The molecule has 0 saturated heterocycles. The first kappa shape index (κ1) is 13.5. The summed E-state index contributed by atoms with van der Waals surface area (Å²) in [4.78, 5) is 13.5.